The minimum Gasteiger partial charge on any atom is -0.142 e. The maximum atomic E-state index is 11.9. The highest BCUT2D eigenvalue weighted by molar-refractivity contribution is 7.48. The van der Waals surface area contributed by atoms with Crippen LogP contribution in [0.15, 0.2) is 42.5 Å². The van der Waals surface area contributed by atoms with Gasteiger partial charge in [0, 0.05) is 6.07 Å². The summed E-state index contributed by atoms with van der Waals surface area (Å²) in [6.07, 6.45) is 2.01. The van der Waals surface area contributed by atoms with E-state index in [0.717, 1.165) is 28.9 Å². The van der Waals surface area contributed by atoms with E-state index in [9.17, 15) is 4.57 Å². The maximum Gasteiger partial charge on any atom is 0.548 e. The van der Waals surface area contributed by atoms with Crippen LogP contribution in [0.25, 0.3) is 10.8 Å². The van der Waals surface area contributed by atoms with E-state index in [-0.39, 0.29) is 0 Å². The van der Waals surface area contributed by atoms with E-state index in [1.165, 1.54) is 0 Å². The fourth-order valence-corrected chi connectivity index (χ4v) is 2.54. The Morgan fingerprint density at radius 2 is 1.88 bits per heavy atom. The van der Waals surface area contributed by atoms with Gasteiger partial charge in [0.2, 0.25) is 5.30 Å². The van der Waals surface area contributed by atoms with Crippen LogP contribution in [0, 0.1) is 0 Å². The Morgan fingerprint density at radius 1 is 1.12 bits per heavy atom. The van der Waals surface area contributed by atoms with E-state index in [2.05, 4.69) is 6.92 Å². The zero-order valence-electron chi connectivity index (χ0n) is 9.93. The second-order valence-electron chi connectivity index (χ2n) is 3.98. The van der Waals surface area contributed by atoms with Crippen LogP contribution in [0.3, 0.4) is 0 Å². The minimum atomic E-state index is -1.71. The van der Waals surface area contributed by atoms with Crippen LogP contribution in [-0.2, 0) is 9.09 Å². The average Bonchev–Trinajstić information content (AvgIpc) is 2.38. The predicted octanol–water partition coefficient (Wildman–Crippen LogP) is 4.02. The largest absolute Gasteiger partial charge is 0.548 e. The summed E-state index contributed by atoms with van der Waals surface area (Å²) in [6.45, 7) is 2.66. The second kappa shape index (κ2) is 5.90. The van der Waals surface area contributed by atoms with Crippen molar-refractivity contribution in [2.45, 2.75) is 19.8 Å². The second-order valence-corrected chi connectivity index (χ2v) is 5.26. The Balaban J connectivity index is 2.15. The van der Waals surface area contributed by atoms with Gasteiger partial charge in [0.05, 0.1) is 0 Å². The molecule has 17 heavy (non-hydrogen) atoms. The molecule has 1 unspecified atom stereocenters. The van der Waals surface area contributed by atoms with Gasteiger partial charge in [-0.15, -0.1) is 4.52 Å². The lowest BCUT2D eigenvalue weighted by atomic mass is 10.1. The van der Waals surface area contributed by atoms with E-state index in [0.29, 0.717) is 6.61 Å². The van der Waals surface area contributed by atoms with Crippen molar-refractivity contribution in [1.82, 2.24) is 0 Å². The molecule has 0 aliphatic rings. The van der Waals surface area contributed by atoms with Gasteiger partial charge >= 0.3 is 8.03 Å². The first-order chi connectivity index (χ1) is 8.31. The maximum absolute atomic E-state index is 11.9. The lowest BCUT2D eigenvalue weighted by molar-refractivity contribution is 0.326. The minimum absolute atomic E-state index is 0.568. The van der Waals surface area contributed by atoms with Crippen LogP contribution in [0.4, 0.5) is 0 Å². The summed E-state index contributed by atoms with van der Waals surface area (Å²) >= 11 is 0. The number of fused-ring (bicyclic) bond motifs is 1. The lowest BCUT2D eigenvalue weighted by Crippen LogP contribution is -1.98. The van der Waals surface area contributed by atoms with Crippen molar-refractivity contribution < 1.29 is 9.09 Å². The van der Waals surface area contributed by atoms with Gasteiger partial charge in [0.15, 0.2) is 0 Å². The van der Waals surface area contributed by atoms with Crippen molar-refractivity contribution in [2.75, 3.05) is 6.61 Å². The zero-order valence-corrected chi connectivity index (χ0v) is 10.8. The van der Waals surface area contributed by atoms with Gasteiger partial charge in [-0.1, -0.05) is 37.6 Å². The number of hydrogen-bond acceptors (Lipinski definition) is 2. The van der Waals surface area contributed by atoms with Gasteiger partial charge in [-0.25, -0.2) is 0 Å². The van der Waals surface area contributed by atoms with Crippen LogP contribution < -0.4 is 5.30 Å². The molecule has 3 heteroatoms. The smallest absolute Gasteiger partial charge is 0.142 e. The summed E-state index contributed by atoms with van der Waals surface area (Å²) in [6, 6.07) is 13.9. The zero-order chi connectivity index (χ0) is 12.1. The molecule has 0 bridgehead atoms. The molecule has 2 aromatic carbocycles. The Labute approximate surface area is 102 Å². The van der Waals surface area contributed by atoms with E-state index in [4.69, 9.17) is 4.52 Å². The molecule has 2 aromatic rings. The number of benzene rings is 2. The van der Waals surface area contributed by atoms with Crippen molar-refractivity contribution in [1.29, 1.82) is 0 Å². The third-order valence-corrected chi connectivity index (χ3v) is 3.77. The molecular weight excluding hydrogens is 231 g/mol. The molecule has 2 nitrogen and oxygen atoms in total. The molecule has 0 heterocycles. The average molecular weight is 247 g/mol. The first-order valence-corrected chi connectivity index (χ1v) is 7.08. The van der Waals surface area contributed by atoms with Crippen LogP contribution >= 0.6 is 8.03 Å². The van der Waals surface area contributed by atoms with Crippen molar-refractivity contribution in [3.05, 3.63) is 42.5 Å². The molecule has 0 spiro atoms. The summed E-state index contributed by atoms with van der Waals surface area (Å²) in [7, 11) is -1.71. The fourth-order valence-electron chi connectivity index (χ4n) is 1.66. The first-order valence-electron chi connectivity index (χ1n) is 5.90. The molecule has 0 amide bonds. The molecular formula is C14H16O2P+. The lowest BCUT2D eigenvalue weighted by Gasteiger charge is -1.95. The normalized spacial score (nSPS) is 11.7. The van der Waals surface area contributed by atoms with Crippen molar-refractivity contribution in [2.24, 2.45) is 0 Å². The molecule has 0 saturated carbocycles. The third-order valence-electron chi connectivity index (χ3n) is 2.65. The van der Waals surface area contributed by atoms with Crippen molar-refractivity contribution in [3.8, 4) is 0 Å². The molecule has 0 aliphatic heterocycles. The van der Waals surface area contributed by atoms with Crippen molar-refractivity contribution >= 4 is 24.1 Å². The van der Waals surface area contributed by atoms with Gasteiger partial charge in [-0.05, 0) is 33.9 Å². The van der Waals surface area contributed by atoms with Crippen molar-refractivity contribution in [3.63, 3.8) is 0 Å². The molecule has 0 saturated heterocycles. The summed E-state index contributed by atoms with van der Waals surface area (Å²) in [5.41, 5.74) is 0. The molecule has 0 N–H and O–H groups in total. The van der Waals surface area contributed by atoms with E-state index in [1.54, 1.807) is 0 Å². The first kappa shape index (κ1) is 12.2. The Bertz CT molecular complexity index is 522. The van der Waals surface area contributed by atoms with Crippen LogP contribution in [0.5, 0.6) is 0 Å². The van der Waals surface area contributed by atoms with Gasteiger partial charge in [0.1, 0.15) is 6.61 Å². The molecule has 1 atom stereocenters. The third kappa shape index (κ3) is 3.12. The molecule has 0 radical (unpaired) electrons. The fraction of sp³-hybridized carbons (Fsp3) is 0.286. The summed E-state index contributed by atoms with van der Waals surface area (Å²) in [5.74, 6) is 0. The van der Waals surface area contributed by atoms with E-state index in [1.807, 2.05) is 42.5 Å². The Morgan fingerprint density at radius 3 is 2.65 bits per heavy atom. The summed E-state index contributed by atoms with van der Waals surface area (Å²) in [5, 5.41) is 3.04. The highest BCUT2D eigenvalue weighted by atomic mass is 31.1. The van der Waals surface area contributed by atoms with Crippen LogP contribution in [-0.4, -0.2) is 6.61 Å². The van der Waals surface area contributed by atoms with Gasteiger partial charge in [-0.3, -0.25) is 0 Å². The van der Waals surface area contributed by atoms with Crippen LogP contribution in [0.2, 0.25) is 0 Å². The quantitative estimate of drug-likeness (QED) is 0.589. The molecule has 2 rings (SSSR count). The van der Waals surface area contributed by atoms with Gasteiger partial charge in [-0.2, -0.15) is 0 Å². The van der Waals surface area contributed by atoms with E-state index < -0.39 is 8.03 Å². The van der Waals surface area contributed by atoms with Gasteiger partial charge < -0.3 is 0 Å². The predicted molar refractivity (Wildman–Crippen MR) is 72.0 cm³/mol. The molecule has 0 aromatic heterocycles. The highest BCUT2D eigenvalue weighted by Gasteiger charge is 2.21. The summed E-state index contributed by atoms with van der Waals surface area (Å²) in [4.78, 5) is 0. The monoisotopic (exact) mass is 247 g/mol. The Hall–Kier alpha value is -1.24. The molecule has 0 aliphatic carbocycles. The number of unbranched alkanes of at least 4 members (excludes halogenated alkanes) is 1. The summed E-state index contributed by atoms with van der Waals surface area (Å²) < 4.78 is 17.2. The van der Waals surface area contributed by atoms with Crippen LogP contribution in [0.1, 0.15) is 19.8 Å². The Kier molecular flexibility index (Phi) is 4.24. The van der Waals surface area contributed by atoms with E-state index >= 15 is 0 Å². The van der Waals surface area contributed by atoms with Gasteiger partial charge in [0.25, 0.3) is 0 Å². The SMILES string of the molecule is CCCCO[P+](=O)c1ccc2ccccc2c1. The standard InChI is InChI=1S/C14H16O2P/c1-2-3-10-16-17(15)14-9-8-12-6-4-5-7-13(12)11-14/h4-9,11H,2-3,10H2,1H3/q+1. The molecule has 88 valence electrons. The topological polar surface area (TPSA) is 26.3 Å². The highest BCUT2D eigenvalue weighted by Crippen LogP contribution is 2.24. The molecule has 0 fully saturated rings. The number of hydrogen-bond donors (Lipinski definition) is 0. The number of rotatable bonds is 5.